The lowest BCUT2D eigenvalue weighted by atomic mass is 10.1. The normalized spacial score (nSPS) is 11.6. The van der Waals surface area contributed by atoms with Gasteiger partial charge in [-0.25, -0.2) is 0 Å². The van der Waals surface area contributed by atoms with Crippen molar-refractivity contribution in [1.82, 2.24) is 5.32 Å². The lowest BCUT2D eigenvalue weighted by molar-refractivity contribution is 0.559. The third-order valence-corrected chi connectivity index (χ3v) is 4.57. The molecule has 0 saturated carbocycles. The summed E-state index contributed by atoms with van der Waals surface area (Å²) in [6.07, 6.45) is 27.0. The number of unbranched alkanes of at least 4 members (excludes halogenated alkanes) is 13. The van der Waals surface area contributed by atoms with Crippen molar-refractivity contribution >= 4 is 0 Å². The van der Waals surface area contributed by atoms with E-state index < -0.39 is 0 Å². The highest BCUT2D eigenvalue weighted by Gasteiger charge is 1.92. The lowest BCUT2D eigenvalue weighted by Crippen LogP contribution is -2.16. The van der Waals surface area contributed by atoms with Gasteiger partial charge in [-0.2, -0.15) is 0 Å². The van der Waals surface area contributed by atoms with E-state index in [2.05, 4.69) is 31.3 Å². The van der Waals surface area contributed by atoms with E-state index in [4.69, 9.17) is 0 Å². The fourth-order valence-electron chi connectivity index (χ4n) is 2.92. The summed E-state index contributed by atoms with van der Waals surface area (Å²) >= 11 is 0. The molecule has 0 amide bonds. The maximum atomic E-state index is 3.53. The van der Waals surface area contributed by atoms with E-state index in [9.17, 15) is 0 Å². The Morgan fingerprint density at radius 2 is 0.913 bits per heavy atom. The Morgan fingerprint density at radius 1 is 0.478 bits per heavy atom. The molecule has 0 aromatic heterocycles. The van der Waals surface area contributed by atoms with Crippen molar-refractivity contribution in [2.24, 2.45) is 0 Å². The third-order valence-electron chi connectivity index (χ3n) is 4.57. The van der Waals surface area contributed by atoms with E-state index in [0.717, 1.165) is 0 Å². The molecule has 138 valence electrons. The Labute approximate surface area is 147 Å². The van der Waals surface area contributed by atoms with Gasteiger partial charge in [-0.3, -0.25) is 0 Å². The van der Waals surface area contributed by atoms with Crippen molar-refractivity contribution in [1.29, 1.82) is 0 Å². The summed E-state index contributed by atoms with van der Waals surface area (Å²) in [7, 11) is 0. The molecule has 0 heterocycles. The van der Waals surface area contributed by atoms with Crippen molar-refractivity contribution in [3.63, 3.8) is 0 Å². The first-order valence-corrected chi connectivity index (χ1v) is 10.8. The summed E-state index contributed by atoms with van der Waals surface area (Å²) in [6, 6.07) is 0. The van der Waals surface area contributed by atoms with Crippen LogP contribution in [-0.2, 0) is 0 Å². The van der Waals surface area contributed by atoms with Gasteiger partial charge in [0.15, 0.2) is 0 Å². The predicted molar refractivity (Wildman–Crippen MR) is 107 cm³/mol. The molecule has 0 fully saturated rings. The molecule has 1 nitrogen and oxygen atoms in total. The lowest BCUT2D eigenvalue weighted by Gasteiger charge is -2.03. The molecule has 0 spiro atoms. The predicted octanol–water partition coefficient (Wildman–Crippen LogP) is 7.41. The highest BCUT2D eigenvalue weighted by molar-refractivity contribution is 4.81. The molecular formula is C22H45N. The maximum Gasteiger partial charge on any atom is -0.00489 e. The number of nitrogens with one attached hydrogen (secondary N) is 1. The van der Waals surface area contributed by atoms with Crippen molar-refractivity contribution in [2.75, 3.05) is 13.1 Å². The van der Waals surface area contributed by atoms with Crippen molar-refractivity contribution in [3.8, 4) is 0 Å². The van der Waals surface area contributed by atoms with Crippen LogP contribution in [0.4, 0.5) is 0 Å². The van der Waals surface area contributed by atoms with Crippen LogP contribution in [0.5, 0.6) is 0 Å². The van der Waals surface area contributed by atoms with Gasteiger partial charge >= 0.3 is 0 Å². The van der Waals surface area contributed by atoms with Crippen LogP contribution in [0, 0.1) is 0 Å². The molecule has 0 rings (SSSR count). The van der Waals surface area contributed by atoms with E-state index in [1.807, 2.05) is 0 Å². The second-order valence-corrected chi connectivity index (χ2v) is 7.04. The number of hydrogen-bond donors (Lipinski definition) is 1. The van der Waals surface area contributed by atoms with Crippen LogP contribution in [0.3, 0.4) is 0 Å². The van der Waals surface area contributed by atoms with Crippen molar-refractivity contribution in [2.45, 2.75) is 117 Å². The van der Waals surface area contributed by atoms with Gasteiger partial charge in [0.05, 0.1) is 0 Å². The minimum absolute atomic E-state index is 1.21. The molecule has 0 aromatic rings. The number of rotatable bonds is 19. The Hall–Kier alpha value is -0.300. The van der Waals surface area contributed by atoms with Crippen LogP contribution in [0.15, 0.2) is 12.2 Å². The van der Waals surface area contributed by atoms with E-state index in [0.29, 0.717) is 0 Å². The molecule has 1 heteroatoms. The van der Waals surface area contributed by atoms with Crippen LogP contribution >= 0.6 is 0 Å². The Kier molecular flexibility index (Phi) is 21.4. The molecule has 23 heavy (non-hydrogen) atoms. The molecule has 0 aromatic carbocycles. The second-order valence-electron chi connectivity index (χ2n) is 7.04. The van der Waals surface area contributed by atoms with Gasteiger partial charge in [0, 0.05) is 0 Å². The van der Waals surface area contributed by atoms with E-state index >= 15 is 0 Å². The van der Waals surface area contributed by atoms with Crippen LogP contribution in [0.25, 0.3) is 0 Å². The average molecular weight is 324 g/mol. The molecule has 0 atom stereocenters. The van der Waals surface area contributed by atoms with Crippen molar-refractivity contribution < 1.29 is 0 Å². The molecule has 0 radical (unpaired) electrons. The van der Waals surface area contributed by atoms with Crippen LogP contribution in [0.2, 0.25) is 0 Å². The molecule has 0 unspecified atom stereocenters. The summed E-state index contributed by atoms with van der Waals surface area (Å²) < 4.78 is 0. The van der Waals surface area contributed by atoms with Crippen LogP contribution < -0.4 is 5.32 Å². The largest absolute Gasteiger partial charge is 0.317 e. The first-order chi connectivity index (χ1) is 11.4. The zero-order valence-corrected chi connectivity index (χ0v) is 16.4. The van der Waals surface area contributed by atoms with E-state index in [-0.39, 0.29) is 0 Å². The molecule has 0 saturated heterocycles. The Bertz CT molecular complexity index is 222. The molecular weight excluding hydrogens is 278 g/mol. The smallest absolute Gasteiger partial charge is 0.00489 e. The summed E-state index contributed by atoms with van der Waals surface area (Å²) in [6.45, 7) is 6.98. The first-order valence-electron chi connectivity index (χ1n) is 10.8. The summed E-state index contributed by atoms with van der Waals surface area (Å²) in [4.78, 5) is 0. The van der Waals surface area contributed by atoms with Gasteiger partial charge in [-0.05, 0) is 51.6 Å². The minimum atomic E-state index is 1.21. The standard InChI is InChI=1S/C22H45N/c1-3-5-7-8-9-10-11-12-13-14-15-16-17-18-19-20-22-23-21-6-4-2/h12-13,23H,3-11,14-22H2,1-2H3. The maximum absolute atomic E-state index is 3.53. The monoisotopic (exact) mass is 323 g/mol. The minimum Gasteiger partial charge on any atom is -0.317 e. The second kappa shape index (κ2) is 21.7. The zero-order valence-electron chi connectivity index (χ0n) is 16.4. The third kappa shape index (κ3) is 21.7. The quantitative estimate of drug-likeness (QED) is 0.193. The molecule has 0 aliphatic rings. The molecule has 0 bridgehead atoms. The molecule has 1 N–H and O–H groups in total. The molecule has 0 aliphatic carbocycles. The van der Waals surface area contributed by atoms with Gasteiger partial charge in [-0.15, -0.1) is 0 Å². The highest BCUT2D eigenvalue weighted by atomic mass is 14.8. The van der Waals surface area contributed by atoms with Gasteiger partial charge in [0.25, 0.3) is 0 Å². The van der Waals surface area contributed by atoms with Gasteiger partial charge < -0.3 is 5.32 Å². The summed E-state index contributed by atoms with van der Waals surface area (Å²) in [5.74, 6) is 0. The van der Waals surface area contributed by atoms with Crippen molar-refractivity contribution in [3.05, 3.63) is 12.2 Å². The SMILES string of the molecule is CCCCCCCCC=CCCCCCCCCNCCCC. The zero-order chi connectivity index (χ0) is 16.8. The molecule has 0 aliphatic heterocycles. The fraction of sp³-hybridized carbons (Fsp3) is 0.909. The van der Waals surface area contributed by atoms with Gasteiger partial charge in [-0.1, -0.05) is 90.2 Å². The highest BCUT2D eigenvalue weighted by Crippen LogP contribution is 2.09. The topological polar surface area (TPSA) is 12.0 Å². The summed E-state index contributed by atoms with van der Waals surface area (Å²) in [5.41, 5.74) is 0. The number of hydrogen-bond acceptors (Lipinski definition) is 1. The Morgan fingerprint density at radius 3 is 1.48 bits per heavy atom. The van der Waals surface area contributed by atoms with Crippen LogP contribution in [0.1, 0.15) is 117 Å². The van der Waals surface area contributed by atoms with Gasteiger partial charge in [0.2, 0.25) is 0 Å². The average Bonchev–Trinajstić information content (AvgIpc) is 2.57. The fourth-order valence-corrected chi connectivity index (χ4v) is 2.92. The van der Waals surface area contributed by atoms with Gasteiger partial charge in [0.1, 0.15) is 0 Å². The van der Waals surface area contributed by atoms with E-state index in [1.165, 1.54) is 116 Å². The van der Waals surface area contributed by atoms with E-state index in [1.54, 1.807) is 0 Å². The van der Waals surface area contributed by atoms with Crippen LogP contribution in [-0.4, -0.2) is 13.1 Å². The Balaban J connectivity index is 3.02. The first kappa shape index (κ1) is 22.7. The summed E-state index contributed by atoms with van der Waals surface area (Å²) in [5, 5.41) is 3.53. The number of allylic oxidation sites excluding steroid dienone is 2.